The van der Waals surface area contributed by atoms with Crippen LogP contribution in [0, 0.1) is 0 Å². The summed E-state index contributed by atoms with van der Waals surface area (Å²) in [5.41, 5.74) is 6.10. The highest BCUT2D eigenvalue weighted by Gasteiger charge is 2.51. The highest BCUT2D eigenvalue weighted by Crippen LogP contribution is 2.30. The van der Waals surface area contributed by atoms with Crippen LogP contribution in [0.15, 0.2) is 24.3 Å². The van der Waals surface area contributed by atoms with Crippen LogP contribution in [0.2, 0.25) is 0 Å². The van der Waals surface area contributed by atoms with E-state index in [9.17, 15) is 35.7 Å². The van der Waals surface area contributed by atoms with Crippen LogP contribution >= 0.6 is 0 Å². The smallest absolute Gasteiger partial charge is 0.229 e. The van der Waals surface area contributed by atoms with Crippen molar-refractivity contribution >= 4 is 5.69 Å². The second-order valence-corrected chi connectivity index (χ2v) is 7.19. The Balaban J connectivity index is 1.71. The Bertz CT molecular complexity index is 673. The number of anilines is 1. The van der Waals surface area contributed by atoms with E-state index in [0.29, 0.717) is 11.4 Å². The SMILES string of the molecule is Nc1ccc(O[C@@H]2O[C@H](CO)[C@H](O[C@@H]3O[C@H](CO)[C@H](O)[C@H](O)[C@H]3O)[C@H](O)[C@H]2O)cc1. The van der Waals surface area contributed by atoms with Crippen molar-refractivity contribution in [2.75, 3.05) is 18.9 Å². The van der Waals surface area contributed by atoms with Gasteiger partial charge >= 0.3 is 0 Å². The fourth-order valence-electron chi connectivity index (χ4n) is 3.33. The monoisotopic (exact) mass is 433 g/mol. The van der Waals surface area contributed by atoms with Gasteiger partial charge in [-0.15, -0.1) is 0 Å². The molecule has 2 fully saturated rings. The first-order valence-corrected chi connectivity index (χ1v) is 9.37. The second-order valence-electron chi connectivity index (χ2n) is 7.19. The molecule has 0 bridgehead atoms. The summed E-state index contributed by atoms with van der Waals surface area (Å²) in [6, 6.07) is 6.19. The third-order valence-corrected chi connectivity index (χ3v) is 5.09. The van der Waals surface area contributed by atoms with E-state index in [1.54, 1.807) is 12.1 Å². The number of nitrogen functional groups attached to an aromatic ring is 1. The summed E-state index contributed by atoms with van der Waals surface area (Å²) in [6.07, 6.45) is -15.0. The van der Waals surface area contributed by atoms with E-state index in [1.165, 1.54) is 12.1 Å². The van der Waals surface area contributed by atoms with Gasteiger partial charge in [0.2, 0.25) is 6.29 Å². The van der Waals surface area contributed by atoms with Crippen molar-refractivity contribution in [3.05, 3.63) is 24.3 Å². The highest BCUT2D eigenvalue weighted by molar-refractivity contribution is 5.41. The maximum Gasteiger partial charge on any atom is 0.229 e. The molecular formula is C18H27NO11. The van der Waals surface area contributed by atoms with Gasteiger partial charge in [-0.05, 0) is 24.3 Å². The van der Waals surface area contributed by atoms with Crippen LogP contribution in [0.1, 0.15) is 0 Å². The molecule has 0 aromatic heterocycles. The number of rotatable bonds is 6. The number of aliphatic hydroxyl groups excluding tert-OH is 7. The predicted octanol–water partition coefficient (Wildman–Crippen LogP) is -3.73. The molecule has 0 saturated carbocycles. The van der Waals surface area contributed by atoms with Gasteiger partial charge < -0.3 is 60.4 Å². The molecule has 3 rings (SSSR count). The molecule has 30 heavy (non-hydrogen) atoms. The number of nitrogens with two attached hydrogens (primary N) is 1. The summed E-state index contributed by atoms with van der Waals surface area (Å²) in [7, 11) is 0. The average molecular weight is 433 g/mol. The average Bonchev–Trinajstić information content (AvgIpc) is 2.74. The Labute approximate surface area is 171 Å². The summed E-state index contributed by atoms with van der Waals surface area (Å²) in [5.74, 6) is 0.297. The zero-order valence-electron chi connectivity index (χ0n) is 15.8. The summed E-state index contributed by atoms with van der Waals surface area (Å²) in [6.45, 7) is -1.31. The zero-order chi connectivity index (χ0) is 22.0. The number of aliphatic hydroxyl groups is 7. The van der Waals surface area contributed by atoms with Crippen LogP contribution < -0.4 is 10.5 Å². The molecule has 1 aromatic rings. The molecule has 9 N–H and O–H groups in total. The minimum atomic E-state index is -1.73. The first-order valence-electron chi connectivity index (χ1n) is 9.37. The minimum absolute atomic E-state index is 0.297. The Kier molecular flexibility index (Phi) is 7.47. The molecule has 0 unspecified atom stereocenters. The summed E-state index contributed by atoms with van der Waals surface area (Å²) in [5, 5.41) is 69.7. The molecule has 170 valence electrons. The molecule has 2 aliphatic heterocycles. The lowest BCUT2D eigenvalue weighted by atomic mass is 9.97. The van der Waals surface area contributed by atoms with Crippen molar-refractivity contribution in [2.24, 2.45) is 0 Å². The maximum atomic E-state index is 10.5. The first kappa shape index (κ1) is 23.1. The molecule has 10 atom stereocenters. The standard InChI is InChI=1S/C18H27NO11/c19-7-1-3-8(4-2-7)27-17-15(26)13(24)16(10(6-21)29-17)30-18-14(25)12(23)11(22)9(5-20)28-18/h1-4,9-18,20-26H,5-6,19H2/t9-,10-,11+,12+,13-,14-,15-,16+,17-,18+/m1/s1. The lowest BCUT2D eigenvalue weighted by Gasteiger charge is -2.45. The van der Waals surface area contributed by atoms with Crippen LogP contribution in [0.4, 0.5) is 5.69 Å². The first-order chi connectivity index (χ1) is 14.3. The van der Waals surface area contributed by atoms with Crippen LogP contribution in [0.25, 0.3) is 0 Å². The van der Waals surface area contributed by atoms with Crippen molar-refractivity contribution in [3.63, 3.8) is 0 Å². The zero-order valence-corrected chi connectivity index (χ0v) is 15.8. The van der Waals surface area contributed by atoms with E-state index < -0.39 is 74.6 Å². The molecule has 2 heterocycles. The van der Waals surface area contributed by atoms with E-state index in [0.717, 1.165) is 0 Å². The van der Waals surface area contributed by atoms with Gasteiger partial charge in [0.15, 0.2) is 6.29 Å². The van der Waals surface area contributed by atoms with Gasteiger partial charge in [-0.25, -0.2) is 0 Å². The van der Waals surface area contributed by atoms with Crippen molar-refractivity contribution < 1.29 is 54.7 Å². The summed E-state index contributed by atoms with van der Waals surface area (Å²) >= 11 is 0. The van der Waals surface area contributed by atoms with Crippen LogP contribution in [-0.4, -0.2) is 110 Å². The van der Waals surface area contributed by atoms with E-state index in [4.69, 9.17) is 24.7 Å². The predicted molar refractivity (Wildman–Crippen MR) is 97.9 cm³/mol. The Morgan fingerprint density at radius 2 is 1.30 bits per heavy atom. The van der Waals surface area contributed by atoms with Gasteiger partial charge in [0, 0.05) is 5.69 Å². The minimum Gasteiger partial charge on any atom is -0.462 e. The van der Waals surface area contributed by atoms with Gasteiger partial charge in [0.05, 0.1) is 13.2 Å². The quantitative estimate of drug-likeness (QED) is 0.204. The van der Waals surface area contributed by atoms with Gasteiger partial charge in [-0.1, -0.05) is 0 Å². The fraction of sp³-hybridized carbons (Fsp3) is 0.667. The number of hydrogen-bond donors (Lipinski definition) is 8. The molecule has 0 aliphatic carbocycles. The molecule has 0 radical (unpaired) electrons. The topological polar surface area (TPSA) is 205 Å². The second kappa shape index (κ2) is 9.70. The molecule has 1 aromatic carbocycles. The normalized spacial score (nSPS) is 42.1. The Hall–Kier alpha value is -1.58. The van der Waals surface area contributed by atoms with Crippen molar-refractivity contribution in [1.82, 2.24) is 0 Å². The third-order valence-electron chi connectivity index (χ3n) is 5.09. The van der Waals surface area contributed by atoms with Crippen LogP contribution in [-0.2, 0) is 14.2 Å². The van der Waals surface area contributed by atoms with Crippen molar-refractivity contribution in [3.8, 4) is 5.75 Å². The van der Waals surface area contributed by atoms with Crippen molar-refractivity contribution in [2.45, 2.75) is 61.4 Å². The Morgan fingerprint density at radius 3 is 1.90 bits per heavy atom. The van der Waals surface area contributed by atoms with E-state index in [-0.39, 0.29) is 0 Å². The lowest BCUT2D eigenvalue weighted by molar-refractivity contribution is -0.352. The maximum absolute atomic E-state index is 10.5. The number of ether oxygens (including phenoxy) is 4. The fourth-order valence-corrected chi connectivity index (χ4v) is 3.33. The largest absolute Gasteiger partial charge is 0.462 e. The molecule has 2 aliphatic rings. The molecule has 0 amide bonds. The van der Waals surface area contributed by atoms with Gasteiger partial charge in [-0.3, -0.25) is 0 Å². The van der Waals surface area contributed by atoms with E-state index in [2.05, 4.69) is 0 Å². The number of benzene rings is 1. The van der Waals surface area contributed by atoms with Crippen molar-refractivity contribution in [1.29, 1.82) is 0 Å². The summed E-state index contributed by atoms with van der Waals surface area (Å²) < 4.78 is 21.7. The molecule has 12 nitrogen and oxygen atoms in total. The molecule has 0 spiro atoms. The summed E-state index contributed by atoms with van der Waals surface area (Å²) in [4.78, 5) is 0. The van der Waals surface area contributed by atoms with E-state index in [1.807, 2.05) is 0 Å². The van der Waals surface area contributed by atoms with Crippen LogP contribution in [0.3, 0.4) is 0 Å². The third kappa shape index (κ3) is 4.68. The molecular weight excluding hydrogens is 406 g/mol. The lowest BCUT2D eigenvalue weighted by Crippen LogP contribution is -2.65. The van der Waals surface area contributed by atoms with Gasteiger partial charge in [0.1, 0.15) is 54.6 Å². The number of hydrogen-bond acceptors (Lipinski definition) is 12. The Morgan fingerprint density at radius 1 is 0.733 bits per heavy atom. The van der Waals surface area contributed by atoms with Gasteiger partial charge in [-0.2, -0.15) is 0 Å². The van der Waals surface area contributed by atoms with Gasteiger partial charge in [0.25, 0.3) is 0 Å². The van der Waals surface area contributed by atoms with Crippen LogP contribution in [0.5, 0.6) is 5.75 Å². The molecule has 12 heteroatoms. The highest BCUT2D eigenvalue weighted by atomic mass is 16.7. The van der Waals surface area contributed by atoms with E-state index >= 15 is 0 Å². The molecule has 2 saturated heterocycles.